The molecule has 1 heterocycles. The van der Waals surface area contributed by atoms with Gasteiger partial charge in [0, 0.05) is 0 Å². The van der Waals surface area contributed by atoms with Gasteiger partial charge in [-0.25, -0.2) is 22.5 Å². The smallest absolute Gasteiger partial charge is 0.244 e. The summed E-state index contributed by atoms with van der Waals surface area (Å²) in [6.07, 6.45) is 1.22. The van der Waals surface area contributed by atoms with Crippen molar-refractivity contribution in [2.24, 2.45) is 0 Å². The molecule has 0 spiro atoms. The van der Waals surface area contributed by atoms with Crippen molar-refractivity contribution in [2.45, 2.75) is 11.4 Å². The molecule has 0 unspecified atom stereocenters. The highest BCUT2D eigenvalue weighted by Crippen LogP contribution is 2.34. The summed E-state index contributed by atoms with van der Waals surface area (Å²) in [6.45, 7) is -0.171. The lowest BCUT2D eigenvalue weighted by molar-refractivity contribution is 0.557. The third-order valence-electron chi connectivity index (χ3n) is 2.34. The highest BCUT2D eigenvalue weighted by Gasteiger charge is 2.24. The van der Waals surface area contributed by atoms with E-state index in [1.807, 2.05) is 0 Å². The van der Waals surface area contributed by atoms with Gasteiger partial charge in [-0.15, -0.1) is 0 Å². The number of hydrogen-bond acceptors (Lipinski definition) is 5. The van der Waals surface area contributed by atoms with Crippen molar-refractivity contribution < 1.29 is 12.8 Å². The second-order valence-corrected chi connectivity index (χ2v) is 6.59. The van der Waals surface area contributed by atoms with Gasteiger partial charge in [0.15, 0.2) is 5.82 Å². The second kappa shape index (κ2) is 5.64. The lowest BCUT2D eigenvalue weighted by atomic mass is 10.3. The summed E-state index contributed by atoms with van der Waals surface area (Å²) in [5.41, 5.74) is 5.07. The first kappa shape index (κ1) is 15.2. The molecule has 0 aliphatic carbocycles. The average Bonchev–Trinajstić information content (AvgIpc) is 2.91. The van der Waals surface area contributed by atoms with Gasteiger partial charge in [0.25, 0.3) is 0 Å². The molecule has 1 aromatic heterocycles. The molecule has 0 saturated heterocycles. The molecule has 0 bridgehead atoms. The fourth-order valence-corrected chi connectivity index (χ4v) is 3.02. The van der Waals surface area contributed by atoms with Crippen LogP contribution in [-0.4, -0.2) is 23.6 Å². The van der Waals surface area contributed by atoms with Gasteiger partial charge in [-0.3, -0.25) is 5.10 Å². The van der Waals surface area contributed by atoms with Gasteiger partial charge in [-0.1, -0.05) is 11.6 Å². The summed E-state index contributed by atoms with van der Waals surface area (Å²) >= 11 is 8.75. The Morgan fingerprint density at radius 3 is 2.85 bits per heavy atom. The number of nitrogens with zero attached hydrogens (tertiary/aromatic N) is 2. The molecule has 0 fully saturated rings. The van der Waals surface area contributed by atoms with Gasteiger partial charge < -0.3 is 5.73 Å². The third kappa shape index (κ3) is 2.92. The number of sulfonamides is 1. The summed E-state index contributed by atoms with van der Waals surface area (Å²) in [5, 5.41) is 6.02. The van der Waals surface area contributed by atoms with Crippen LogP contribution in [0.2, 0.25) is 5.02 Å². The van der Waals surface area contributed by atoms with Gasteiger partial charge in [-0.2, -0.15) is 5.10 Å². The molecule has 0 radical (unpaired) electrons. The Bertz CT molecular complexity index is 737. The normalized spacial score (nSPS) is 11.8. The third-order valence-corrected chi connectivity index (χ3v) is 5.12. The fraction of sp³-hybridized carbons (Fsp3) is 0.111. The van der Waals surface area contributed by atoms with E-state index in [4.69, 9.17) is 17.3 Å². The zero-order valence-electron chi connectivity index (χ0n) is 9.69. The minimum absolute atomic E-state index is 0.0102. The van der Waals surface area contributed by atoms with Crippen LogP contribution in [0, 0.1) is 5.82 Å². The van der Waals surface area contributed by atoms with Gasteiger partial charge in [0.2, 0.25) is 10.0 Å². The molecule has 0 atom stereocenters. The number of halogens is 3. The highest BCUT2D eigenvalue weighted by atomic mass is 79.9. The van der Waals surface area contributed by atoms with Crippen molar-refractivity contribution in [3.05, 3.63) is 33.5 Å². The van der Waals surface area contributed by atoms with E-state index >= 15 is 0 Å². The van der Waals surface area contributed by atoms with E-state index in [1.54, 1.807) is 0 Å². The molecule has 108 valence electrons. The number of nitrogens with one attached hydrogen (secondary N) is 2. The molecule has 7 nitrogen and oxygen atoms in total. The van der Waals surface area contributed by atoms with Gasteiger partial charge in [0.1, 0.15) is 17.0 Å². The summed E-state index contributed by atoms with van der Waals surface area (Å²) in [5.74, 6) is -0.795. The van der Waals surface area contributed by atoms with Crippen LogP contribution in [0.1, 0.15) is 5.82 Å². The van der Waals surface area contributed by atoms with Crippen LogP contribution >= 0.6 is 27.5 Å². The van der Waals surface area contributed by atoms with Crippen LogP contribution < -0.4 is 10.5 Å². The SMILES string of the molecule is Nc1c(F)c(S(=O)(=O)NCc2ncn[nH]2)cc(Cl)c1Br. The first-order chi connectivity index (χ1) is 9.33. The number of hydrogen-bond donors (Lipinski definition) is 3. The number of nitrogen functional groups attached to an aromatic ring is 1. The van der Waals surface area contributed by atoms with E-state index in [2.05, 4.69) is 35.8 Å². The average molecular weight is 385 g/mol. The van der Waals surface area contributed by atoms with Crippen LogP contribution in [0.4, 0.5) is 10.1 Å². The van der Waals surface area contributed by atoms with E-state index in [0.717, 1.165) is 6.07 Å². The summed E-state index contributed by atoms with van der Waals surface area (Å²) in [4.78, 5) is 3.10. The number of benzene rings is 1. The molecule has 0 aliphatic rings. The Hall–Kier alpha value is -1.23. The first-order valence-electron chi connectivity index (χ1n) is 5.10. The highest BCUT2D eigenvalue weighted by molar-refractivity contribution is 9.10. The van der Waals surface area contributed by atoms with E-state index in [9.17, 15) is 12.8 Å². The fourth-order valence-electron chi connectivity index (χ4n) is 1.35. The predicted molar refractivity (Wildman–Crippen MR) is 73.9 cm³/mol. The topological polar surface area (TPSA) is 114 Å². The summed E-state index contributed by atoms with van der Waals surface area (Å²) in [6, 6.07) is 0.972. The van der Waals surface area contributed by atoms with Crippen LogP contribution in [-0.2, 0) is 16.6 Å². The van der Waals surface area contributed by atoms with Crippen molar-refractivity contribution in [2.75, 3.05) is 5.73 Å². The lowest BCUT2D eigenvalue weighted by Crippen LogP contribution is -2.25. The van der Waals surface area contributed by atoms with E-state index < -0.39 is 20.7 Å². The molecular weight excluding hydrogens is 377 g/mol. The molecule has 2 rings (SSSR count). The van der Waals surface area contributed by atoms with E-state index in [0.29, 0.717) is 0 Å². The molecule has 2 aromatic rings. The molecule has 11 heteroatoms. The first-order valence-corrected chi connectivity index (χ1v) is 7.75. The maximum absolute atomic E-state index is 13.9. The predicted octanol–water partition coefficient (Wildman–Crippen LogP) is 1.42. The van der Waals surface area contributed by atoms with Crippen molar-refractivity contribution in [1.82, 2.24) is 19.9 Å². The zero-order valence-corrected chi connectivity index (χ0v) is 12.9. The molecule has 0 aliphatic heterocycles. The number of anilines is 1. The van der Waals surface area contributed by atoms with Crippen molar-refractivity contribution >= 4 is 43.2 Å². The monoisotopic (exact) mass is 383 g/mol. The second-order valence-electron chi connectivity index (χ2n) is 3.65. The Morgan fingerprint density at radius 1 is 1.55 bits per heavy atom. The maximum Gasteiger partial charge on any atom is 0.244 e. The maximum atomic E-state index is 13.9. The van der Waals surface area contributed by atoms with Gasteiger partial charge >= 0.3 is 0 Å². The molecule has 4 N–H and O–H groups in total. The van der Waals surface area contributed by atoms with Crippen molar-refractivity contribution in [3.8, 4) is 0 Å². The zero-order chi connectivity index (χ0) is 14.9. The van der Waals surface area contributed by atoms with E-state index in [1.165, 1.54) is 6.33 Å². The Kier molecular flexibility index (Phi) is 4.28. The molecule has 0 amide bonds. The number of H-pyrrole nitrogens is 1. The Balaban J connectivity index is 2.35. The van der Waals surface area contributed by atoms with Crippen LogP contribution in [0.25, 0.3) is 0 Å². The minimum atomic E-state index is -4.13. The van der Waals surface area contributed by atoms with Crippen LogP contribution in [0.15, 0.2) is 21.8 Å². The number of rotatable bonds is 4. The summed E-state index contributed by atoms with van der Waals surface area (Å²) < 4.78 is 40.2. The molecule has 1 aromatic carbocycles. The van der Waals surface area contributed by atoms with Gasteiger partial charge in [-0.05, 0) is 22.0 Å². The molecule has 0 saturated carbocycles. The van der Waals surface area contributed by atoms with Crippen molar-refractivity contribution in [3.63, 3.8) is 0 Å². The van der Waals surface area contributed by atoms with Crippen LogP contribution in [0.5, 0.6) is 0 Å². The molecule has 20 heavy (non-hydrogen) atoms. The van der Waals surface area contributed by atoms with Crippen molar-refractivity contribution in [1.29, 1.82) is 0 Å². The standard InChI is InChI=1S/C9H8BrClFN5O2S/c10-7-4(11)1-5(8(12)9(7)13)20(18,19)16-2-6-14-3-15-17-6/h1,3,16H,2,13H2,(H,14,15,17). The summed E-state index contributed by atoms with van der Waals surface area (Å²) in [7, 11) is -4.13. The Morgan fingerprint density at radius 2 is 2.25 bits per heavy atom. The Labute approximate surface area is 126 Å². The molecular formula is C9H8BrClFN5O2S. The van der Waals surface area contributed by atoms with E-state index in [-0.39, 0.29) is 27.6 Å². The lowest BCUT2D eigenvalue weighted by Gasteiger charge is -2.10. The number of nitrogens with two attached hydrogens (primary N) is 1. The van der Waals surface area contributed by atoms with Crippen LogP contribution in [0.3, 0.4) is 0 Å². The quantitative estimate of drug-likeness (QED) is 0.545. The minimum Gasteiger partial charge on any atom is -0.395 e. The number of aromatic nitrogens is 3. The van der Waals surface area contributed by atoms with Gasteiger partial charge in [0.05, 0.1) is 21.7 Å². The number of aromatic amines is 1. The largest absolute Gasteiger partial charge is 0.395 e.